The van der Waals surface area contributed by atoms with Crippen molar-refractivity contribution in [2.75, 3.05) is 17.1 Å². The van der Waals surface area contributed by atoms with Crippen LogP contribution in [0.25, 0.3) is 0 Å². The average molecular weight is 263 g/mol. The van der Waals surface area contributed by atoms with Gasteiger partial charge in [0, 0.05) is 5.02 Å². The Bertz CT molecular complexity index is 483. The van der Waals surface area contributed by atoms with Gasteiger partial charge < -0.3 is 9.90 Å². The van der Waals surface area contributed by atoms with Gasteiger partial charge in [0.25, 0.3) is 0 Å². The number of nitrogens with zero attached hydrogens (tertiary/aromatic N) is 1. The van der Waals surface area contributed by atoms with E-state index in [2.05, 4.69) is 0 Å². The van der Waals surface area contributed by atoms with Gasteiger partial charge in [-0.1, -0.05) is 11.6 Å². The van der Waals surface area contributed by atoms with Crippen LogP contribution in [0.5, 0.6) is 0 Å². The summed E-state index contributed by atoms with van der Waals surface area (Å²) < 4.78 is 23.4. The Morgan fingerprint density at radius 2 is 1.88 bits per heavy atom. The number of anilines is 1. The maximum atomic E-state index is 11.4. The molecule has 0 heterocycles. The molecule has 0 amide bonds. The topological polar surface area (TPSA) is 77.5 Å². The Labute approximate surface area is 98.3 Å². The van der Waals surface area contributed by atoms with Crippen LogP contribution in [-0.2, 0) is 14.8 Å². The minimum atomic E-state index is -3.66. The SMILES string of the molecule is CS(=O)(=O)N(CC(=O)[O-])c1ccc(Cl)cc1. The average Bonchev–Trinajstić information content (AvgIpc) is 2.14. The minimum Gasteiger partial charge on any atom is -0.548 e. The van der Waals surface area contributed by atoms with Gasteiger partial charge in [0.05, 0.1) is 24.5 Å². The number of rotatable bonds is 4. The molecule has 16 heavy (non-hydrogen) atoms. The van der Waals surface area contributed by atoms with Gasteiger partial charge in [-0.05, 0) is 24.3 Å². The number of carboxylic acids is 1. The molecule has 0 N–H and O–H groups in total. The van der Waals surface area contributed by atoms with Crippen molar-refractivity contribution in [2.45, 2.75) is 0 Å². The highest BCUT2D eigenvalue weighted by molar-refractivity contribution is 7.92. The van der Waals surface area contributed by atoms with Crippen molar-refractivity contribution in [3.8, 4) is 0 Å². The van der Waals surface area contributed by atoms with Crippen molar-refractivity contribution in [2.24, 2.45) is 0 Å². The van der Waals surface area contributed by atoms with E-state index in [1.807, 2.05) is 0 Å². The van der Waals surface area contributed by atoms with Gasteiger partial charge in [-0.3, -0.25) is 4.31 Å². The molecule has 1 rings (SSSR count). The minimum absolute atomic E-state index is 0.233. The molecule has 7 heteroatoms. The summed E-state index contributed by atoms with van der Waals surface area (Å²) in [7, 11) is -3.66. The quantitative estimate of drug-likeness (QED) is 0.756. The van der Waals surface area contributed by atoms with Crippen LogP contribution in [0.3, 0.4) is 0 Å². The highest BCUT2D eigenvalue weighted by atomic mass is 35.5. The number of aliphatic carboxylic acids is 1. The van der Waals surface area contributed by atoms with Crippen LogP contribution in [0.15, 0.2) is 24.3 Å². The number of carbonyl (C=O) groups is 1. The van der Waals surface area contributed by atoms with Crippen LogP contribution in [0.2, 0.25) is 5.02 Å². The van der Waals surface area contributed by atoms with Crippen LogP contribution < -0.4 is 9.41 Å². The van der Waals surface area contributed by atoms with E-state index in [9.17, 15) is 18.3 Å². The molecule has 0 aromatic heterocycles. The maximum Gasteiger partial charge on any atom is 0.232 e. The molecule has 5 nitrogen and oxygen atoms in total. The molecule has 0 radical (unpaired) electrons. The second kappa shape index (κ2) is 4.71. The van der Waals surface area contributed by atoms with E-state index >= 15 is 0 Å². The van der Waals surface area contributed by atoms with Gasteiger partial charge in [-0.2, -0.15) is 0 Å². The molecule has 0 bridgehead atoms. The number of hydrogen-bond donors (Lipinski definition) is 0. The standard InChI is InChI=1S/C9H10ClNO4S/c1-16(14,15)11(6-9(12)13)8-4-2-7(10)3-5-8/h2-5H,6H2,1H3,(H,12,13)/p-1. The summed E-state index contributed by atoms with van der Waals surface area (Å²) in [5.41, 5.74) is 0.233. The first kappa shape index (κ1) is 12.8. The van der Waals surface area contributed by atoms with E-state index in [0.717, 1.165) is 10.6 Å². The van der Waals surface area contributed by atoms with Crippen LogP contribution >= 0.6 is 11.6 Å². The van der Waals surface area contributed by atoms with E-state index in [1.165, 1.54) is 24.3 Å². The number of carboxylic acid groups (broad SMARTS) is 1. The first-order valence-electron chi connectivity index (χ1n) is 4.24. The van der Waals surface area contributed by atoms with Crippen molar-refractivity contribution in [1.82, 2.24) is 0 Å². The van der Waals surface area contributed by atoms with Gasteiger partial charge in [-0.25, -0.2) is 8.42 Å². The van der Waals surface area contributed by atoms with Crippen LogP contribution in [0, 0.1) is 0 Å². The molecule has 0 atom stereocenters. The molecule has 0 fully saturated rings. The second-order valence-corrected chi connectivity index (χ2v) is 5.46. The molecule has 0 aliphatic heterocycles. The fraction of sp³-hybridized carbons (Fsp3) is 0.222. The zero-order valence-electron chi connectivity index (χ0n) is 8.38. The summed E-state index contributed by atoms with van der Waals surface area (Å²) >= 11 is 5.64. The summed E-state index contributed by atoms with van der Waals surface area (Å²) in [6, 6.07) is 5.80. The van der Waals surface area contributed by atoms with Crippen molar-refractivity contribution in [3.63, 3.8) is 0 Å². The normalized spacial score (nSPS) is 11.1. The predicted molar refractivity (Wildman–Crippen MR) is 58.6 cm³/mol. The lowest BCUT2D eigenvalue weighted by Crippen LogP contribution is -2.41. The lowest BCUT2D eigenvalue weighted by Gasteiger charge is -2.22. The molecule has 0 saturated heterocycles. The lowest BCUT2D eigenvalue weighted by atomic mass is 10.3. The molecular weight excluding hydrogens is 254 g/mol. The smallest absolute Gasteiger partial charge is 0.232 e. The third-order valence-corrected chi connectivity index (χ3v) is 3.18. The molecule has 0 aliphatic rings. The summed E-state index contributed by atoms with van der Waals surface area (Å²) in [5, 5.41) is 10.9. The number of sulfonamides is 1. The molecule has 0 unspecified atom stereocenters. The molecular formula is C9H9ClNO4S-. The maximum absolute atomic E-state index is 11.4. The van der Waals surface area contributed by atoms with E-state index in [1.54, 1.807) is 0 Å². The summed E-state index contributed by atoms with van der Waals surface area (Å²) in [6.07, 6.45) is 0.921. The third-order valence-electron chi connectivity index (χ3n) is 1.79. The monoisotopic (exact) mass is 262 g/mol. The Hall–Kier alpha value is -1.27. The largest absolute Gasteiger partial charge is 0.548 e. The van der Waals surface area contributed by atoms with Gasteiger partial charge in [0.15, 0.2) is 0 Å². The Kier molecular flexibility index (Phi) is 3.77. The van der Waals surface area contributed by atoms with Crippen molar-refractivity contribution in [1.29, 1.82) is 0 Å². The molecule has 1 aromatic carbocycles. The fourth-order valence-corrected chi connectivity index (χ4v) is 2.10. The zero-order valence-corrected chi connectivity index (χ0v) is 9.96. The van der Waals surface area contributed by atoms with Gasteiger partial charge in [0.2, 0.25) is 10.0 Å². The first-order valence-corrected chi connectivity index (χ1v) is 6.46. The Balaban J connectivity index is 3.11. The molecule has 0 aliphatic carbocycles. The van der Waals surface area contributed by atoms with Crippen molar-refractivity contribution < 1.29 is 18.3 Å². The third kappa shape index (κ3) is 3.39. The highest BCUT2D eigenvalue weighted by Gasteiger charge is 2.17. The van der Waals surface area contributed by atoms with Crippen LogP contribution in [0.4, 0.5) is 5.69 Å². The van der Waals surface area contributed by atoms with Gasteiger partial charge in [-0.15, -0.1) is 0 Å². The predicted octanol–water partition coefficient (Wildman–Crippen LogP) is -0.144. The van der Waals surface area contributed by atoms with E-state index in [-0.39, 0.29) is 5.69 Å². The summed E-state index contributed by atoms with van der Waals surface area (Å²) in [5.74, 6) is -1.47. The van der Waals surface area contributed by atoms with Crippen molar-refractivity contribution >= 4 is 33.3 Å². The lowest BCUT2D eigenvalue weighted by molar-refractivity contribution is -0.303. The highest BCUT2D eigenvalue weighted by Crippen LogP contribution is 2.19. The molecule has 0 saturated carbocycles. The summed E-state index contributed by atoms with van der Waals surface area (Å²) in [6.45, 7) is -0.722. The Morgan fingerprint density at radius 3 is 2.25 bits per heavy atom. The van der Waals surface area contributed by atoms with Gasteiger partial charge >= 0.3 is 0 Å². The number of hydrogen-bond acceptors (Lipinski definition) is 4. The molecule has 0 spiro atoms. The zero-order chi connectivity index (χ0) is 12.3. The second-order valence-electron chi connectivity index (χ2n) is 3.12. The van der Waals surface area contributed by atoms with E-state index in [4.69, 9.17) is 11.6 Å². The number of carbonyl (C=O) groups excluding carboxylic acids is 1. The van der Waals surface area contributed by atoms with E-state index < -0.39 is 22.5 Å². The molecule has 1 aromatic rings. The number of benzene rings is 1. The Morgan fingerprint density at radius 1 is 1.38 bits per heavy atom. The van der Waals surface area contributed by atoms with Gasteiger partial charge in [0.1, 0.15) is 0 Å². The first-order chi connectivity index (χ1) is 7.30. The molecule has 88 valence electrons. The van der Waals surface area contributed by atoms with Crippen molar-refractivity contribution in [3.05, 3.63) is 29.3 Å². The van der Waals surface area contributed by atoms with Crippen LogP contribution in [0.1, 0.15) is 0 Å². The number of halogens is 1. The van der Waals surface area contributed by atoms with Crippen LogP contribution in [-0.4, -0.2) is 27.2 Å². The summed E-state index contributed by atoms with van der Waals surface area (Å²) in [4.78, 5) is 10.5. The van der Waals surface area contributed by atoms with E-state index in [0.29, 0.717) is 5.02 Å². The fourth-order valence-electron chi connectivity index (χ4n) is 1.12.